The SMILES string of the molecule is CNc1ccc(C(=O)Nc2ccccc2N(C)C)nc1. The smallest absolute Gasteiger partial charge is 0.274 e. The van der Waals surface area contributed by atoms with E-state index < -0.39 is 0 Å². The lowest BCUT2D eigenvalue weighted by atomic mass is 10.2. The molecule has 0 bridgehead atoms. The Morgan fingerprint density at radius 3 is 2.50 bits per heavy atom. The molecular formula is C15H18N4O. The topological polar surface area (TPSA) is 57.3 Å². The van der Waals surface area contributed by atoms with Gasteiger partial charge in [-0.25, -0.2) is 4.98 Å². The first kappa shape index (κ1) is 13.9. The van der Waals surface area contributed by atoms with E-state index in [1.807, 2.05) is 56.4 Å². The number of carbonyl (C=O) groups excluding carboxylic acids is 1. The summed E-state index contributed by atoms with van der Waals surface area (Å²) in [6.45, 7) is 0. The molecule has 2 N–H and O–H groups in total. The van der Waals surface area contributed by atoms with E-state index in [0.717, 1.165) is 17.1 Å². The number of rotatable bonds is 4. The molecule has 0 aliphatic heterocycles. The Hall–Kier alpha value is -2.56. The fourth-order valence-corrected chi connectivity index (χ4v) is 1.83. The van der Waals surface area contributed by atoms with Gasteiger partial charge in [0.05, 0.1) is 23.3 Å². The summed E-state index contributed by atoms with van der Waals surface area (Å²) < 4.78 is 0. The Morgan fingerprint density at radius 1 is 1.15 bits per heavy atom. The van der Waals surface area contributed by atoms with Crippen LogP contribution in [0.2, 0.25) is 0 Å². The fraction of sp³-hybridized carbons (Fsp3) is 0.200. The van der Waals surface area contributed by atoms with Crippen LogP contribution >= 0.6 is 0 Å². The van der Waals surface area contributed by atoms with Gasteiger partial charge in [0.1, 0.15) is 5.69 Å². The molecule has 0 aliphatic rings. The lowest BCUT2D eigenvalue weighted by Crippen LogP contribution is -2.17. The van der Waals surface area contributed by atoms with Crippen molar-refractivity contribution < 1.29 is 4.79 Å². The van der Waals surface area contributed by atoms with E-state index in [2.05, 4.69) is 15.6 Å². The number of hydrogen-bond donors (Lipinski definition) is 2. The van der Waals surface area contributed by atoms with Crippen molar-refractivity contribution in [1.82, 2.24) is 4.98 Å². The monoisotopic (exact) mass is 270 g/mol. The molecule has 104 valence electrons. The number of nitrogens with zero attached hydrogens (tertiary/aromatic N) is 2. The van der Waals surface area contributed by atoms with Gasteiger partial charge >= 0.3 is 0 Å². The average molecular weight is 270 g/mol. The molecule has 5 nitrogen and oxygen atoms in total. The summed E-state index contributed by atoms with van der Waals surface area (Å²) in [5.74, 6) is -0.220. The molecule has 1 aromatic carbocycles. The number of carbonyl (C=O) groups is 1. The molecule has 0 radical (unpaired) electrons. The highest BCUT2D eigenvalue weighted by atomic mass is 16.1. The average Bonchev–Trinajstić information content (AvgIpc) is 2.47. The van der Waals surface area contributed by atoms with Gasteiger partial charge in [-0.1, -0.05) is 12.1 Å². The quantitative estimate of drug-likeness (QED) is 0.896. The van der Waals surface area contributed by atoms with Crippen LogP contribution in [0.4, 0.5) is 17.1 Å². The summed E-state index contributed by atoms with van der Waals surface area (Å²) in [5.41, 5.74) is 2.97. The van der Waals surface area contributed by atoms with Gasteiger partial charge in [0, 0.05) is 21.1 Å². The lowest BCUT2D eigenvalue weighted by Gasteiger charge is -2.17. The Kier molecular flexibility index (Phi) is 4.20. The van der Waals surface area contributed by atoms with Gasteiger partial charge in [0.25, 0.3) is 5.91 Å². The third-order valence-electron chi connectivity index (χ3n) is 2.92. The Balaban J connectivity index is 2.19. The Morgan fingerprint density at radius 2 is 1.90 bits per heavy atom. The zero-order chi connectivity index (χ0) is 14.5. The van der Waals surface area contributed by atoms with Gasteiger partial charge in [-0.3, -0.25) is 4.79 Å². The minimum Gasteiger partial charge on any atom is -0.387 e. The van der Waals surface area contributed by atoms with Crippen molar-refractivity contribution in [1.29, 1.82) is 0 Å². The van der Waals surface area contributed by atoms with Crippen LogP contribution in [0.3, 0.4) is 0 Å². The molecule has 0 fully saturated rings. The van der Waals surface area contributed by atoms with E-state index >= 15 is 0 Å². The highest BCUT2D eigenvalue weighted by molar-refractivity contribution is 6.04. The summed E-state index contributed by atoms with van der Waals surface area (Å²) >= 11 is 0. The third-order valence-corrected chi connectivity index (χ3v) is 2.92. The van der Waals surface area contributed by atoms with Crippen molar-refractivity contribution in [2.45, 2.75) is 0 Å². The normalized spacial score (nSPS) is 9.95. The van der Waals surface area contributed by atoms with Crippen LogP contribution in [0.15, 0.2) is 42.6 Å². The summed E-state index contributed by atoms with van der Waals surface area (Å²) in [4.78, 5) is 18.3. The van der Waals surface area contributed by atoms with E-state index in [-0.39, 0.29) is 5.91 Å². The number of aromatic nitrogens is 1. The van der Waals surface area contributed by atoms with Crippen molar-refractivity contribution in [2.24, 2.45) is 0 Å². The van der Waals surface area contributed by atoms with Crippen LogP contribution in [0.25, 0.3) is 0 Å². The molecule has 1 heterocycles. The zero-order valence-electron chi connectivity index (χ0n) is 11.8. The van der Waals surface area contributed by atoms with Crippen molar-refractivity contribution in [3.63, 3.8) is 0 Å². The van der Waals surface area contributed by atoms with E-state index in [0.29, 0.717) is 5.69 Å². The fourth-order valence-electron chi connectivity index (χ4n) is 1.83. The maximum Gasteiger partial charge on any atom is 0.274 e. The van der Waals surface area contributed by atoms with Crippen molar-refractivity contribution in [3.8, 4) is 0 Å². The molecule has 2 aromatic rings. The van der Waals surface area contributed by atoms with Gasteiger partial charge in [0.15, 0.2) is 0 Å². The molecule has 0 saturated carbocycles. The second kappa shape index (κ2) is 6.06. The molecule has 0 unspecified atom stereocenters. The standard InChI is InChI=1S/C15H18N4O/c1-16-11-8-9-13(17-10-11)15(20)18-12-6-4-5-7-14(12)19(2)3/h4-10,16H,1-3H3,(H,18,20). The third kappa shape index (κ3) is 3.06. The maximum atomic E-state index is 12.2. The first-order valence-corrected chi connectivity index (χ1v) is 6.33. The molecule has 5 heteroatoms. The molecule has 0 saturated heterocycles. The second-order valence-corrected chi connectivity index (χ2v) is 4.55. The maximum absolute atomic E-state index is 12.2. The summed E-state index contributed by atoms with van der Waals surface area (Å²) in [5, 5.41) is 5.85. The second-order valence-electron chi connectivity index (χ2n) is 4.55. The van der Waals surface area contributed by atoms with Crippen molar-refractivity contribution in [3.05, 3.63) is 48.3 Å². The Labute approximate surface area is 118 Å². The van der Waals surface area contributed by atoms with E-state index in [4.69, 9.17) is 0 Å². The number of anilines is 3. The minimum absolute atomic E-state index is 0.220. The van der Waals surface area contributed by atoms with Gasteiger partial charge in [-0.2, -0.15) is 0 Å². The largest absolute Gasteiger partial charge is 0.387 e. The van der Waals surface area contributed by atoms with E-state index in [9.17, 15) is 4.79 Å². The van der Waals surface area contributed by atoms with Crippen LogP contribution in [0.1, 0.15) is 10.5 Å². The lowest BCUT2D eigenvalue weighted by molar-refractivity contribution is 0.102. The molecule has 1 amide bonds. The first-order chi connectivity index (χ1) is 9.61. The molecule has 20 heavy (non-hydrogen) atoms. The van der Waals surface area contributed by atoms with Crippen molar-refractivity contribution >= 4 is 23.0 Å². The van der Waals surface area contributed by atoms with Crippen LogP contribution in [0.5, 0.6) is 0 Å². The van der Waals surface area contributed by atoms with Gasteiger partial charge < -0.3 is 15.5 Å². The molecular weight excluding hydrogens is 252 g/mol. The van der Waals surface area contributed by atoms with Crippen molar-refractivity contribution in [2.75, 3.05) is 36.7 Å². The molecule has 0 spiro atoms. The summed E-state index contributed by atoms with van der Waals surface area (Å²) in [7, 11) is 5.68. The van der Waals surface area contributed by atoms with Gasteiger partial charge in [-0.15, -0.1) is 0 Å². The highest BCUT2D eigenvalue weighted by Crippen LogP contribution is 2.23. The predicted molar refractivity (Wildman–Crippen MR) is 82.5 cm³/mol. The number of pyridine rings is 1. The van der Waals surface area contributed by atoms with Crippen LogP contribution < -0.4 is 15.5 Å². The van der Waals surface area contributed by atoms with Crippen LogP contribution in [0, 0.1) is 0 Å². The van der Waals surface area contributed by atoms with Crippen LogP contribution in [-0.4, -0.2) is 32.0 Å². The molecule has 0 aliphatic carbocycles. The van der Waals surface area contributed by atoms with Gasteiger partial charge in [-0.05, 0) is 24.3 Å². The predicted octanol–water partition coefficient (Wildman–Crippen LogP) is 2.44. The van der Waals surface area contributed by atoms with E-state index in [1.165, 1.54) is 0 Å². The number of hydrogen-bond acceptors (Lipinski definition) is 4. The summed E-state index contributed by atoms with van der Waals surface area (Å²) in [6.07, 6.45) is 1.63. The zero-order valence-corrected chi connectivity index (χ0v) is 11.8. The number of benzene rings is 1. The number of para-hydroxylation sites is 2. The first-order valence-electron chi connectivity index (χ1n) is 6.33. The molecule has 0 atom stereocenters. The highest BCUT2D eigenvalue weighted by Gasteiger charge is 2.10. The number of amides is 1. The summed E-state index contributed by atoms with van der Waals surface area (Å²) in [6, 6.07) is 11.2. The van der Waals surface area contributed by atoms with E-state index in [1.54, 1.807) is 12.3 Å². The Bertz CT molecular complexity index is 593. The van der Waals surface area contributed by atoms with Crippen LogP contribution in [-0.2, 0) is 0 Å². The molecule has 2 rings (SSSR count). The van der Waals surface area contributed by atoms with Gasteiger partial charge in [0.2, 0.25) is 0 Å². The number of nitrogens with one attached hydrogen (secondary N) is 2. The minimum atomic E-state index is -0.220. The molecule has 1 aromatic heterocycles.